The largest absolute Gasteiger partial charge is 0.477 e. The molecule has 0 fully saturated rings. The molecule has 2 aromatic carbocycles. The second kappa shape index (κ2) is 11.8. The molecule has 0 saturated carbocycles. The summed E-state index contributed by atoms with van der Waals surface area (Å²) in [7, 11) is 0. The zero-order valence-corrected chi connectivity index (χ0v) is 21.6. The molecule has 175 valence electrons. The Morgan fingerprint density at radius 1 is 0.853 bits per heavy atom. The van der Waals surface area contributed by atoms with Crippen molar-refractivity contribution >= 4 is 5.97 Å². The van der Waals surface area contributed by atoms with Crippen LogP contribution in [0, 0.1) is 19.9 Å². The van der Waals surface area contributed by atoms with Crippen LogP contribution in [0.2, 0.25) is 0 Å². The summed E-state index contributed by atoms with van der Waals surface area (Å²) in [6, 6.07) is 22.9. The molecule has 0 atom stereocenters. The third-order valence-corrected chi connectivity index (χ3v) is 5.56. The number of hydrogen-bond acceptors (Lipinski definition) is 4. The van der Waals surface area contributed by atoms with Crippen molar-refractivity contribution in [2.75, 3.05) is 0 Å². The Kier molecular flexibility index (Phi) is 8.80. The Hall–Kier alpha value is -3.21. The van der Waals surface area contributed by atoms with Gasteiger partial charge in [0.05, 0.1) is 17.1 Å². The standard InChI is InChI=1S/C22H21N2.C6H5NO2.Ir/c1-15-7-11-17(12-8-15)21-22(18-13-9-16(2)10-14-18)24-20-6-4-3-5-19(20)23-21;8-6(9)5-3-1-2-4-7-5;/h7-13H,3-6H2,1-2H3;1-4H,(H,8,9);/q-1;;. The number of hydrogen-bond donors (Lipinski definition) is 1. The summed E-state index contributed by atoms with van der Waals surface area (Å²) in [5.41, 5.74) is 8.98. The van der Waals surface area contributed by atoms with Gasteiger partial charge in [-0.15, -0.1) is 35.4 Å². The van der Waals surface area contributed by atoms with Crippen LogP contribution in [-0.4, -0.2) is 26.0 Å². The van der Waals surface area contributed by atoms with Crippen LogP contribution in [0.25, 0.3) is 22.5 Å². The quantitative estimate of drug-likeness (QED) is 0.287. The molecule has 1 radical (unpaired) electrons. The van der Waals surface area contributed by atoms with Gasteiger partial charge >= 0.3 is 5.97 Å². The summed E-state index contributed by atoms with van der Waals surface area (Å²) >= 11 is 0. The minimum atomic E-state index is -0.990. The Morgan fingerprint density at radius 3 is 2.03 bits per heavy atom. The molecule has 0 aliphatic heterocycles. The maximum absolute atomic E-state index is 10.1. The number of aromatic carboxylic acids is 1. The van der Waals surface area contributed by atoms with Gasteiger partial charge in [0.15, 0.2) is 0 Å². The SMILES string of the molecule is Cc1c[c-]c(-c2nc3c(nc2-c2ccc(C)cc2)CCCC3)cc1.O=C(O)c1ccccn1.[Ir]. The van der Waals surface area contributed by atoms with E-state index in [1.54, 1.807) is 12.1 Å². The first-order valence-electron chi connectivity index (χ1n) is 11.1. The molecule has 34 heavy (non-hydrogen) atoms. The molecule has 4 aromatic rings. The summed E-state index contributed by atoms with van der Waals surface area (Å²) in [4.78, 5) is 23.8. The van der Waals surface area contributed by atoms with E-state index in [0.717, 1.165) is 35.4 Å². The van der Waals surface area contributed by atoms with Crippen molar-refractivity contribution in [1.29, 1.82) is 0 Å². The number of fused-ring (bicyclic) bond motifs is 1. The first-order chi connectivity index (χ1) is 16.0. The van der Waals surface area contributed by atoms with Crippen LogP contribution in [0.15, 0.2) is 66.9 Å². The van der Waals surface area contributed by atoms with Crippen molar-refractivity contribution in [1.82, 2.24) is 15.0 Å². The maximum Gasteiger partial charge on any atom is 0.354 e. The summed E-state index contributed by atoms with van der Waals surface area (Å²) in [6.07, 6.45) is 5.95. The van der Waals surface area contributed by atoms with Crippen LogP contribution in [0.1, 0.15) is 45.8 Å². The van der Waals surface area contributed by atoms with Crippen molar-refractivity contribution in [3.63, 3.8) is 0 Å². The molecule has 6 heteroatoms. The number of nitrogens with zero attached hydrogens (tertiary/aromatic N) is 3. The van der Waals surface area contributed by atoms with Gasteiger partial charge in [0, 0.05) is 32.0 Å². The molecule has 5 nitrogen and oxygen atoms in total. The number of carboxylic acids is 1. The maximum atomic E-state index is 10.1. The number of aryl methyl sites for hydroxylation is 4. The number of benzene rings is 2. The van der Waals surface area contributed by atoms with Crippen molar-refractivity contribution in [2.24, 2.45) is 0 Å². The zero-order chi connectivity index (χ0) is 23.2. The number of pyridine rings is 1. The minimum absolute atomic E-state index is 0. The smallest absolute Gasteiger partial charge is 0.354 e. The molecule has 1 N–H and O–H groups in total. The zero-order valence-electron chi connectivity index (χ0n) is 19.2. The van der Waals surface area contributed by atoms with Gasteiger partial charge in [-0.1, -0.05) is 42.8 Å². The van der Waals surface area contributed by atoms with Crippen molar-refractivity contribution < 1.29 is 30.0 Å². The van der Waals surface area contributed by atoms with Crippen LogP contribution in [0.5, 0.6) is 0 Å². The monoisotopic (exact) mass is 629 g/mol. The topological polar surface area (TPSA) is 76.0 Å². The minimum Gasteiger partial charge on any atom is -0.477 e. The third kappa shape index (κ3) is 6.22. The molecular formula is C28H26IrN3O2-. The normalized spacial score (nSPS) is 11.9. The Morgan fingerprint density at radius 2 is 1.50 bits per heavy atom. The molecular weight excluding hydrogens is 603 g/mol. The van der Waals surface area contributed by atoms with Gasteiger partial charge in [-0.05, 0) is 50.3 Å². The third-order valence-electron chi connectivity index (χ3n) is 5.56. The number of rotatable bonds is 3. The molecule has 2 heterocycles. The number of carboxylic acid groups (broad SMARTS) is 1. The molecule has 1 aliphatic carbocycles. The average molecular weight is 629 g/mol. The van der Waals surface area contributed by atoms with E-state index in [9.17, 15) is 4.79 Å². The van der Waals surface area contributed by atoms with Gasteiger partial charge in [0.2, 0.25) is 0 Å². The fraction of sp³-hybridized carbons (Fsp3) is 0.214. The molecule has 0 spiro atoms. The van der Waals surface area contributed by atoms with Gasteiger partial charge in [-0.2, -0.15) is 0 Å². The Labute approximate surface area is 213 Å². The van der Waals surface area contributed by atoms with E-state index in [4.69, 9.17) is 15.1 Å². The van der Waals surface area contributed by atoms with Crippen LogP contribution < -0.4 is 0 Å². The van der Waals surface area contributed by atoms with Gasteiger partial charge in [0.1, 0.15) is 5.69 Å². The van der Waals surface area contributed by atoms with Crippen molar-refractivity contribution in [3.05, 3.63) is 101 Å². The second-order valence-corrected chi connectivity index (χ2v) is 8.19. The van der Waals surface area contributed by atoms with E-state index < -0.39 is 5.97 Å². The predicted molar refractivity (Wildman–Crippen MR) is 129 cm³/mol. The van der Waals surface area contributed by atoms with E-state index in [0.29, 0.717) is 0 Å². The summed E-state index contributed by atoms with van der Waals surface area (Å²) in [5.74, 6) is -0.990. The van der Waals surface area contributed by atoms with Gasteiger partial charge in [0.25, 0.3) is 0 Å². The second-order valence-electron chi connectivity index (χ2n) is 8.19. The van der Waals surface area contributed by atoms with Gasteiger partial charge < -0.3 is 5.11 Å². The van der Waals surface area contributed by atoms with Crippen molar-refractivity contribution in [2.45, 2.75) is 39.5 Å². The van der Waals surface area contributed by atoms with Crippen LogP contribution in [0.4, 0.5) is 0 Å². The van der Waals surface area contributed by atoms with E-state index in [1.165, 1.54) is 47.6 Å². The first-order valence-corrected chi connectivity index (χ1v) is 11.1. The van der Waals surface area contributed by atoms with Gasteiger partial charge in [-0.25, -0.2) is 9.78 Å². The fourth-order valence-electron chi connectivity index (χ4n) is 3.73. The fourth-order valence-corrected chi connectivity index (χ4v) is 3.73. The Bertz CT molecular complexity index is 1170. The van der Waals surface area contributed by atoms with E-state index >= 15 is 0 Å². The summed E-state index contributed by atoms with van der Waals surface area (Å²) in [6.45, 7) is 4.19. The van der Waals surface area contributed by atoms with Crippen molar-refractivity contribution in [3.8, 4) is 22.5 Å². The average Bonchev–Trinajstić information content (AvgIpc) is 2.85. The molecule has 0 saturated heterocycles. The molecule has 1 aliphatic rings. The van der Waals surface area contributed by atoms with E-state index in [2.05, 4.69) is 61.3 Å². The van der Waals surface area contributed by atoms with E-state index in [1.807, 2.05) is 6.07 Å². The molecule has 5 rings (SSSR count). The summed E-state index contributed by atoms with van der Waals surface area (Å²) < 4.78 is 0. The molecule has 0 bridgehead atoms. The van der Waals surface area contributed by atoms with Crippen LogP contribution in [-0.2, 0) is 32.9 Å². The molecule has 0 amide bonds. The van der Waals surface area contributed by atoms with Gasteiger partial charge in [-0.3, -0.25) is 9.97 Å². The predicted octanol–water partition coefficient (Wildman–Crippen LogP) is 5.88. The summed E-state index contributed by atoms with van der Waals surface area (Å²) in [5, 5.41) is 8.32. The molecule has 0 unspecified atom stereocenters. The number of aromatic nitrogens is 3. The first kappa shape index (κ1) is 25.4. The Balaban J connectivity index is 0.000000275. The van der Waals surface area contributed by atoms with Crippen LogP contribution in [0.3, 0.4) is 0 Å². The van der Waals surface area contributed by atoms with E-state index in [-0.39, 0.29) is 25.8 Å². The molecule has 2 aromatic heterocycles. The number of carbonyl (C=O) groups is 1. The van der Waals surface area contributed by atoms with Crippen LogP contribution >= 0.6 is 0 Å².